The molecule has 0 bridgehead atoms. The molecule has 4 heteroatoms. The van der Waals surface area contributed by atoms with Crippen molar-refractivity contribution in [1.29, 1.82) is 0 Å². The lowest BCUT2D eigenvalue weighted by molar-refractivity contribution is -0.0715. The molecule has 20 heavy (non-hydrogen) atoms. The van der Waals surface area contributed by atoms with E-state index in [1.54, 1.807) is 6.20 Å². The zero-order chi connectivity index (χ0) is 15.0. The van der Waals surface area contributed by atoms with Gasteiger partial charge in [-0.3, -0.25) is 4.98 Å². The van der Waals surface area contributed by atoms with Crippen LogP contribution in [0, 0.1) is 0 Å². The van der Waals surface area contributed by atoms with E-state index < -0.39 is 0 Å². The van der Waals surface area contributed by atoms with Gasteiger partial charge in [-0.1, -0.05) is 20.8 Å². The normalized spacial score (nSPS) is 13.4. The van der Waals surface area contributed by atoms with Gasteiger partial charge in [-0.05, 0) is 44.4 Å². The Morgan fingerprint density at radius 1 is 1.30 bits per heavy atom. The van der Waals surface area contributed by atoms with Gasteiger partial charge in [0.25, 0.3) is 0 Å². The first kappa shape index (κ1) is 16.9. The number of nitrogens with one attached hydrogen (secondary N) is 1. The van der Waals surface area contributed by atoms with E-state index in [0.29, 0.717) is 0 Å². The van der Waals surface area contributed by atoms with Crippen LogP contribution < -0.4 is 11.1 Å². The maximum Gasteiger partial charge on any atom is 0.0832 e. The van der Waals surface area contributed by atoms with Gasteiger partial charge in [-0.25, -0.2) is 0 Å². The number of aromatic nitrogens is 1. The van der Waals surface area contributed by atoms with Gasteiger partial charge >= 0.3 is 0 Å². The summed E-state index contributed by atoms with van der Waals surface area (Å²) in [5, 5.41) is 3.58. The summed E-state index contributed by atoms with van der Waals surface area (Å²) in [5.74, 6) is 0. The summed E-state index contributed by atoms with van der Waals surface area (Å²) in [4.78, 5) is 4.19. The van der Waals surface area contributed by atoms with Gasteiger partial charge in [-0.15, -0.1) is 0 Å². The van der Waals surface area contributed by atoms with Crippen molar-refractivity contribution in [2.45, 2.75) is 58.6 Å². The van der Waals surface area contributed by atoms with E-state index in [-0.39, 0.29) is 11.6 Å². The number of ether oxygens (including phenoxy) is 1. The molecule has 1 rings (SSSR count). The molecule has 0 radical (unpaired) electrons. The van der Waals surface area contributed by atoms with Gasteiger partial charge in [-0.2, -0.15) is 0 Å². The Balaban J connectivity index is 3.00. The first-order valence-corrected chi connectivity index (χ1v) is 7.69. The lowest BCUT2D eigenvalue weighted by atomic mass is 9.84. The summed E-state index contributed by atoms with van der Waals surface area (Å²) >= 11 is 0. The fourth-order valence-corrected chi connectivity index (χ4v) is 2.85. The van der Waals surface area contributed by atoms with Crippen molar-refractivity contribution in [3.63, 3.8) is 0 Å². The third-order valence-corrected chi connectivity index (χ3v) is 4.08. The van der Waals surface area contributed by atoms with Crippen molar-refractivity contribution in [3.05, 3.63) is 24.0 Å². The van der Waals surface area contributed by atoms with E-state index >= 15 is 0 Å². The fourth-order valence-electron chi connectivity index (χ4n) is 2.85. The number of nitrogens with two attached hydrogens (primary N) is 1. The smallest absolute Gasteiger partial charge is 0.0832 e. The Morgan fingerprint density at radius 3 is 2.50 bits per heavy atom. The number of nitrogens with zero attached hydrogens (tertiary/aromatic N) is 1. The molecule has 4 nitrogen and oxygen atoms in total. The highest BCUT2D eigenvalue weighted by Crippen LogP contribution is 2.28. The highest BCUT2D eigenvalue weighted by molar-refractivity contribution is 5.44. The summed E-state index contributed by atoms with van der Waals surface area (Å²) in [7, 11) is 0. The fraction of sp³-hybridized carbons (Fsp3) is 0.688. The van der Waals surface area contributed by atoms with E-state index in [1.807, 2.05) is 12.3 Å². The zero-order valence-electron chi connectivity index (χ0n) is 13.3. The Bertz CT molecular complexity index is 391. The van der Waals surface area contributed by atoms with E-state index in [1.165, 1.54) is 0 Å². The van der Waals surface area contributed by atoms with Crippen molar-refractivity contribution in [1.82, 2.24) is 10.3 Å². The van der Waals surface area contributed by atoms with E-state index in [0.717, 1.165) is 43.7 Å². The maximum atomic E-state index is 6.13. The lowest BCUT2D eigenvalue weighted by Crippen LogP contribution is -2.53. The maximum absolute atomic E-state index is 6.13. The van der Waals surface area contributed by atoms with Crippen LogP contribution >= 0.6 is 0 Å². The van der Waals surface area contributed by atoms with Gasteiger partial charge in [0.2, 0.25) is 0 Å². The average molecular weight is 279 g/mol. The number of rotatable bonds is 9. The Morgan fingerprint density at radius 2 is 2.00 bits per heavy atom. The van der Waals surface area contributed by atoms with Crippen LogP contribution in [-0.4, -0.2) is 29.8 Å². The van der Waals surface area contributed by atoms with Gasteiger partial charge < -0.3 is 15.8 Å². The molecule has 0 saturated carbocycles. The molecule has 0 aliphatic heterocycles. The Kier molecular flexibility index (Phi) is 6.96. The standard InChI is InChI=1S/C16H29N3O/c1-5-16(6-2,20-8-4)15(19-7-3)11-13-12-18-10-9-14(13)17/h9-10,12,15,19H,5-8,11H2,1-4H3,(H2,17,18). The van der Waals surface area contributed by atoms with Gasteiger partial charge in [0.05, 0.1) is 5.60 Å². The third-order valence-electron chi connectivity index (χ3n) is 4.08. The topological polar surface area (TPSA) is 60.2 Å². The first-order chi connectivity index (χ1) is 9.63. The Hall–Kier alpha value is -1.13. The summed E-state index contributed by atoms with van der Waals surface area (Å²) in [6.45, 7) is 10.2. The number of anilines is 1. The quantitative estimate of drug-likeness (QED) is 0.729. The molecule has 114 valence electrons. The molecule has 1 heterocycles. The van der Waals surface area contributed by atoms with Crippen molar-refractivity contribution < 1.29 is 4.74 Å². The monoisotopic (exact) mass is 279 g/mol. The summed E-state index contributed by atoms with van der Waals surface area (Å²) in [5.41, 5.74) is 7.80. The molecule has 0 fully saturated rings. The largest absolute Gasteiger partial charge is 0.398 e. The molecule has 0 aliphatic rings. The molecule has 0 spiro atoms. The summed E-state index contributed by atoms with van der Waals surface area (Å²) < 4.78 is 6.13. The minimum Gasteiger partial charge on any atom is -0.398 e. The molecule has 1 aromatic rings. The molecule has 0 amide bonds. The lowest BCUT2D eigenvalue weighted by Gasteiger charge is -2.40. The van der Waals surface area contributed by atoms with Crippen LogP contribution in [0.25, 0.3) is 0 Å². The Labute approximate surface area is 123 Å². The second-order valence-electron chi connectivity index (χ2n) is 5.09. The first-order valence-electron chi connectivity index (χ1n) is 7.69. The molecule has 3 N–H and O–H groups in total. The molecule has 0 aliphatic carbocycles. The number of nitrogen functional groups attached to an aromatic ring is 1. The molecule has 1 atom stereocenters. The molecule has 0 saturated heterocycles. The third kappa shape index (κ3) is 3.93. The molecule has 0 aromatic carbocycles. The van der Waals surface area contributed by atoms with Crippen molar-refractivity contribution in [2.75, 3.05) is 18.9 Å². The van der Waals surface area contributed by atoms with Crippen LogP contribution in [0.4, 0.5) is 5.69 Å². The highest BCUT2D eigenvalue weighted by atomic mass is 16.5. The van der Waals surface area contributed by atoms with Crippen LogP contribution in [0.5, 0.6) is 0 Å². The number of likely N-dealkylation sites (N-methyl/N-ethyl adjacent to an activating group) is 1. The van der Waals surface area contributed by atoms with Gasteiger partial charge in [0, 0.05) is 30.7 Å². The number of hydrogen-bond donors (Lipinski definition) is 2. The predicted octanol–water partition coefficient (Wildman–Crippen LogP) is 2.78. The van der Waals surface area contributed by atoms with E-state index in [9.17, 15) is 0 Å². The van der Waals surface area contributed by atoms with Crippen LogP contribution in [0.15, 0.2) is 18.5 Å². The minimum absolute atomic E-state index is 0.146. The molecule has 1 aromatic heterocycles. The SMILES string of the molecule is CCNC(Cc1cnccc1N)C(CC)(CC)OCC. The average Bonchev–Trinajstić information content (AvgIpc) is 2.47. The molecule has 1 unspecified atom stereocenters. The minimum atomic E-state index is -0.146. The number of hydrogen-bond acceptors (Lipinski definition) is 4. The van der Waals surface area contributed by atoms with E-state index in [2.05, 4.69) is 38.0 Å². The van der Waals surface area contributed by atoms with Crippen LogP contribution in [-0.2, 0) is 11.2 Å². The van der Waals surface area contributed by atoms with Crippen molar-refractivity contribution >= 4 is 5.69 Å². The van der Waals surface area contributed by atoms with Crippen molar-refractivity contribution in [2.24, 2.45) is 0 Å². The predicted molar refractivity (Wildman–Crippen MR) is 84.8 cm³/mol. The summed E-state index contributed by atoms with van der Waals surface area (Å²) in [6, 6.07) is 2.10. The summed E-state index contributed by atoms with van der Waals surface area (Å²) in [6.07, 6.45) is 6.40. The second kappa shape index (κ2) is 8.22. The second-order valence-corrected chi connectivity index (χ2v) is 5.09. The van der Waals surface area contributed by atoms with Gasteiger partial charge in [0.15, 0.2) is 0 Å². The van der Waals surface area contributed by atoms with E-state index in [4.69, 9.17) is 10.5 Å². The van der Waals surface area contributed by atoms with Crippen LogP contribution in [0.3, 0.4) is 0 Å². The zero-order valence-corrected chi connectivity index (χ0v) is 13.3. The highest BCUT2D eigenvalue weighted by Gasteiger charge is 2.36. The molecular weight excluding hydrogens is 250 g/mol. The van der Waals surface area contributed by atoms with Gasteiger partial charge in [0.1, 0.15) is 0 Å². The van der Waals surface area contributed by atoms with Crippen LogP contribution in [0.1, 0.15) is 46.1 Å². The molecular formula is C16H29N3O. The van der Waals surface area contributed by atoms with Crippen molar-refractivity contribution in [3.8, 4) is 0 Å². The number of pyridine rings is 1. The van der Waals surface area contributed by atoms with Crippen LogP contribution in [0.2, 0.25) is 0 Å².